The standard InChI is InChI=1S/C21H22N2O3/c1-5-22(18(24)14-10-12-15(13-11-14)21(2,3)4)23-19(25)16-8-6-7-9-17(16)20(23)26/h6-13H,5H2,1-4H3. The summed E-state index contributed by atoms with van der Waals surface area (Å²) in [4.78, 5) is 38.2. The van der Waals surface area contributed by atoms with E-state index in [0.29, 0.717) is 16.7 Å². The van der Waals surface area contributed by atoms with E-state index in [4.69, 9.17) is 0 Å². The van der Waals surface area contributed by atoms with Crippen molar-refractivity contribution in [1.29, 1.82) is 0 Å². The molecule has 0 bridgehead atoms. The SMILES string of the molecule is CCN(C(=O)c1ccc(C(C)(C)C)cc1)N1C(=O)c2ccccc2C1=O. The van der Waals surface area contributed by atoms with Crippen LogP contribution in [0.2, 0.25) is 0 Å². The highest BCUT2D eigenvalue weighted by Gasteiger charge is 2.40. The Labute approximate surface area is 153 Å². The Kier molecular flexibility index (Phi) is 4.40. The predicted octanol–water partition coefficient (Wildman–Crippen LogP) is 3.66. The number of amides is 3. The van der Waals surface area contributed by atoms with Crippen molar-refractivity contribution >= 4 is 17.7 Å². The van der Waals surface area contributed by atoms with Gasteiger partial charge in [0.1, 0.15) is 0 Å². The molecule has 0 fully saturated rings. The summed E-state index contributed by atoms with van der Waals surface area (Å²) in [5.41, 5.74) is 2.18. The summed E-state index contributed by atoms with van der Waals surface area (Å²) < 4.78 is 0. The molecule has 0 unspecified atom stereocenters. The van der Waals surface area contributed by atoms with E-state index < -0.39 is 11.8 Å². The summed E-state index contributed by atoms with van der Waals surface area (Å²) in [6, 6.07) is 13.9. The molecular formula is C21H22N2O3. The monoisotopic (exact) mass is 350 g/mol. The number of hydrogen-bond acceptors (Lipinski definition) is 3. The zero-order chi connectivity index (χ0) is 19.1. The fourth-order valence-electron chi connectivity index (χ4n) is 3.03. The van der Waals surface area contributed by atoms with Crippen LogP contribution in [0.4, 0.5) is 0 Å². The highest BCUT2D eigenvalue weighted by molar-refractivity contribution is 6.22. The first-order valence-corrected chi connectivity index (χ1v) is 8.66. The number of imide groups is 1. The third-order valence-corrected chi connectivity index (χ3v) is 4.55. The molecule has 0 saturated heterocycles. The van der Waals surface area contributed by atoms with Crippen LogP contribution >= 0.6 is 0 Å². The smallest absolute Gasteiger partial charge is 0.267 e. The average Bonchev–Trinajstić information content (AvgIpc) is 2.87. The Hall–Kier alpha value is -2.95. The first kappa shape index (κ1) is 17.9. The number of hydrogen-bond donors (Lipinski definition) is 0. The zero-order valence-electron chi connectivity index (χ0n) is 15.4. The van der Waals surface area contributed by atoms with Crippen molar-refractivity contribution in [3.63, 3.8) is 0 Å². The van der Waals surface area contributed by atoms with Crippen LogP contribution in [-0.4, -0.2) is 34.3 Å². The van der Waals surface area contributed by atoms with Crippen molar-refractivity contribution < 1.29 is 14.4 Å². The van der Waals surface area contributed by atoms with E-state index in [1.165, 1.54) is 5.01 Å². The Bertz CT molecular complexity index is 844. The number of hydrazine groups is 1. The van der Waals surface area contributed by atoms with Crippen molar-refractivity contribution in [2.24, 2.45) is 0 Å². The van der Waals surface area contributed by atoms with Crippen molar-refractivity contribution in [1.82, 2.24) is 10.0 Å². The normalized spacial score (nSPS) is 13.8. The van der Waals surface area contributed by atoms with E-state index >= 15 is 0 Å². The third kappa shape index (κ3) is 2.90. The number of fused-ring (bicyclic) bond motifs is 1. The van der Waals surface area contributed by atoms with Crippen LogP contribution in [-0.2, 0) is 5.41 Å². The van der Waals surface area contributed by atoms with Gasteiger partial charge in [0.05, 0.1) is 11.1 Å². The first-order chi connectivity index (χ1) is 12.3. The van der Waals surface area contributed by atoms with Gasteiger partial charge in [0.25, 0.3) is 17.7 Å². The number of nitrogens with zero attached hydrogens (tertiary/aromatic N) is 2. The average molecular weight is 350 g/mol. The summed E-state index contributed by atoms with van der Waals surface area (Å²) in [7, 11) is 0. The van der Waals surface area contributed by atoms with Crippen LogP contribution < -0.4 is 0 Å². The van der Waals surface area contributed by atoms with E-state index in [9.17, 15) is 14.4 Å². The van der Waals surface area contributed by atoms with Crippen molar-refractivity contribution in [2.75, 3.05) is 6.54 Å². The van der Waals surface area contributed by atoms with Crippen LogP contribution in [0.15, 0.2) is 48.5 Å². The molecule has 0 saturated carbocycles. The van der Waals surface area contributed by atoms with Gasteiger partial charge in [-0.05, 0) is 42.2 Å². The lowest BCUT2D eigenvalue weighted by Gasteiger charge is -2.29. The van der Waals surface area contributed by atoms with E-state index in [0.717, 1.165) is 10.6 Å². The Morgan fingerprint density at radius 1 is 0.923 bits per heavy atom. The second kappa shape index (κ2) is 6.41. The summed E-state index contributed by atoms with van der Waals surface area (Å²) in [5, 5.41) is 2.15. The Morgan fingerprint density at radius 2 is 1.42 bits per heavy atom. The number of benzene rings is 2. The van der Waals surface area contributed by atoms with Gasteiger partial charge in [-0.3, -0.25) is 14.4 Å². The van der Waals surface area contributed by atoms with Crippen LogP contribution in [0.25, 0.3) is 0 Å². The molecule has 26 heavy (non-hydrogen) atoms. The van der Waals surface area contributed by atoms with Gasteiger partial charge in [0, 0.05) is 12.1 Å². The van der Waals surface area contributed by atoms with Crippen LogP contribution in [0.3, 0.4) is 0 Å². The minimum Gasteiger partial charge on any atom is -0.267 e. The molecule has 134 valence electrons. The molecule has 1 heterocycles. The highest BCUT2D eigenvalue weighted by Crippen LogP contribution is 2.26. The molecule has 5 heteroatoms. The lowest BCUT2D eigenvalue weighted by Crippen LogP contribution is -2.49. The van der Waals surface area contributed by atoms with Crippen LogP contribution in [0.1, 0.15) is 64.3 Å². The predicted molar refractivity (Wildman–Crippen MR) is 98.8 cm³/mol. The van der Waals surface area contributed by atoms with Gasteiger partial charge in [0.15, 0.2) is 0 Å². The minimum absolute atomic E-state index is 0.0193. The van der Waals surface area contributed by atoms with Gasteiger partial charge in [-0.2, -0.15) is 5.01 Å². The van der Waals surface area contributed by atoms with E-state index in [-0.39, 0.29) is 17.9 Å². The van der Waals surface area contributed by atoms with Crippen LogP contribution in [0, 0.1) is 0 Å². The maximum atomic E-state index is 12.9. The van der Waals surface area contributed by atoms with Gasteiger partial charge in [-0.1, -0.05) is 45.0 Å². The summed E-state index contributed by atoms with van der Waals surface area (Å²) in [6.07, 6.45) is 0. The molecule has 0 N–H and O–H groups in total. The molecule has 5 nitrogen and oxygen atoms in total. The molecule has 3 rings (SSSR count). The molecule has 0 spiro atoms. The van der Waals surface area contributed by atoms with Gasteiger partial charge in [0.2, 0.25) is 0 Å². The maximum Gasteiger partial charge on any atom is 0.280 e. The summed E-state index contributed by atoms with van der Waals surface area (Å²) >= 11 is 0. The molecule has 1 aliphatic rings. The van der Waals surface area contributed by atoms with E-state index in [2.05, 4.69) is 20.8 Å². The second-order valence-corrected chi connectivity index (χ2v) is 7.32. The van der Waals surface area contributed by atoms with Gasteiger partial charge >= 0.3 is 0 Å². The maximum absolute atomic E-state index is 12.9. The summed E-state index contributed by atoms with van der Waals surface area (Å²) in [6.45, 7) is 8.25. The fraction of sp³-hybridized carbons (Fsp3) is 0.286. The molecule has 1 aliphatic heterocycles. The molecule has 3 amide bonds. The highest BCUT2D eigenvalue weighted by atomic mass is 16.2. The largest absolute Gasteiger partial charge is 0.280 e. The topological polar surface area (TPSA) is 57.7 Å². The molecule has 0 aliphatic carbocycles. The lowest BCUT2D eigenvalue weighted by molar-refractivity contribution is 0.00562. The number of rotatable bonds is 3. The lowest BCUT2D eigenvalue weighted by atomic mass is 9.86. The molecule has 0 aromatic heterocycles. The fourth-order valence-corrected chi connectivity index (χ4v) is 3.03. The van der Waals surface area contributed by atoms with Crippen molar-refractivity contribution in [2.45, 2.75) is 33.1 Å². The van der Waals surface area contributed by atoms with Gasteiger partial charge < -0.3 is 0 Å². The van der Waals surface area contributed by atoms with Crippen molar-refractivity contribution in [3.05, 3.63) is 70.8 Å². The van der Waals surface area contributed by atoms with Gasteiger partial charge in [-0.15, -0.1) is 0 Å². The molecule has 2 aromatic carbocycles. The zero-order valence-corrected chi connectivity index (χ0v) is 15.4. The molecular weight excluding hydrogens is 328 g/mol. The first-order valence-electron chi connectivity index (χ1n) is 8.66. The summed E-state index contributed by atoms with van der Waals surface area (Å²) in [5.74, 6) is -1.30. The van der Waals surface area contributed by atoms with Crippen molar-refractivity contribution in [3.8, 4) is 0 Å². The minimum atomic E-state index is -0.466. The third-order valence-electron chi connectivity index (χ3n) is 4.55. The van der Waals surface area contributed by atoms with Gasteiger partial charge in [-0.25, -0.2) is 5.01 Å². The number of carbonyl (C=O) groups excluding carboxylic acids is 3. The van der Waals surface area contributed by atoms with E-state index in [1.54, 1.807) is 43.3 Å². The van der Waals surface area contributed by atoms with E-state index in [1.807, 2.05) is 12.1 Å². The Balaban J connectivity index is 1.91. The second-order valence-electron chi connectivity index (χ2n) is 7.32. The quantitative estimate of drug-likeness (QED) is 0.794. The molecule has 2 aromatic rings. The Morgan fingerprint density at radius 3 is 1.85 bits per heavy atom. The van der Waals surface area contributed by atoms with Crippen LogP contribution in [0.5, 0.6) is 0 Å². The molecule has 0 radical (unpaired) electrons. The number of carbonyl (C=O) groups is 3. The molecule has 0 atom stereocenters.